The second kappa shape index (κ2) is 8.84. The van der Waals surface area contributed by atoms with Crippen molar-refractivity contribution in [2.24, 2.45) is 0 Å². The van der Waals surface area contributed by atoms with E-state index in [1.54, 1.807) is 0 Å². The molecule has 3 rings (SSSR count). The number of rotatable bonds is 6. The molecule has 0 aliphatic carbocycles. The predicted molar refractivity (Wildman–Crippen MR) is 114 cm³/mol. The number of pyridine rings is 1. The van der Waals surface area contributed by atoms with E-state index in [1.165, 1.54) is 7.11 Å². The fourth-order valence-corrected chi connectivity index (χ4v) is 3.32. The first-order valence-electron chi connectivity index (χ1n) is 9.40. The number of aryl methyl sites for hydroxylation is 2. The van der Waals surface area contributed by atoms with Crippen LogP contribution in [0.15, 0.2) is 48.5 Å². The number of nitrogens with zero attached hydrogens (tertiary/aromatic N) is 2. The van der Waals surface area contributed by atoms with Gasteiger partial charge in [-0.2, -0.15) is 0 Å². The maximum atomic E-state index is 12.4. The van der Waals surface area contributed by atoms with Crippen LogP contribution in [-0.2, 0) is 16.1 Å². The number of methoxy groups -OCH3 is 1. The molecule has 3 aromatic rings. The van der Waals surface area contributed by atoms with Gasteiger partial charge in [-0.3, -0.25) is 14.7 Å². The van der Waals surface area contributed by atoms with Gasteiger partial charge in [0.15, 0.2) is 0 Å². The summed E-state index contributed by atoms with van der Waals surface area (Å²) in [5, 5.41) is 3.80. The number of nitrogens with one attached hydrogen (secondary N) is 1. The minimum Gasteiger partial charge on any atom is -0.465 e. The summed E-state index contributed by atoms with van der Waals surface area (Å²) in [4.78, 5) is 31.3. The highest BCUT2D eigenvalue weighted by molar-refractivity contribution is 5.98. The van der Waals surface area contributed by atoms with Crippen LogP contribution in [0.3, 0.4) is 0 Å². The number of hydrogen-bond acceptors (Lipinski definition) is 5. The smallest absolute Gasteiger partial charge is 0.340 e. The van der Waals surface area contributed by atoms with Gasteiger partial charge in [0.2, 0.25) is 5.91 Å². The number of anilines is 1. The van der Waals surface area contributed by atoms with Crippen LogP contribution in [0.4, 0.5) is 5.69 Å². The van der Waals surface area contributed by atoms with Crippen molar-refractivity contribution in [1.29, 1.82) is 0 Å². The zero-order chi connectivity index (χ0) is 21.0. The molecule has 150 valence electrons. The Kier molecular flexibility index (Phi) is 6.24. The molecule has 0 atom stereocenters. The van der Waals surface area contributed by atoms with E-state index in [-0.39, 0.29) is 12.5 Å². The molecule has 0 unspecified atom stereocenters. The molecular weight excluding hydrogens is 366 g/mol. The third-order valence-corrected chi connectivity index (χ3v) is 4.79. The summed E-state index contributed by atoms with van der Waals surface area (Å²) >= 11 is 0. The maximum Gasteiger partial charge on any atom is 0.340 e. The number of benzene rings is 2. The van der Waals surface area contributed by atoms with E-state index < -0.39 is 5.97 Å². The molecule has 0 saturated carbocycles. The maximum absolute atomic E-state index is 12.4. The number of amides is 1. The van der Waals surface area contributed by atoms with Gasteiger partial charge in [-0.15, -0.1) is 0 Å². The molecular formula is C23H25N3O3. The van der Waals surface area contributed by atoms with Crippen LogP contribution in [0.2, 0.25) is 0 Å². The van der Waals surface area contributed by atoms with Crippen molar-refractivity contribution < 1.29 is 14.3 Å². The van der Waals surface area contributed by atoms with Crippen LogP contribution >= 0.6 is 0 Å². The van der Waals surface area contributed by atoms with E-state index in [0.717, 1.165) is 27.7 Å². The topological polar surface area (TPSA) is 71.5 Å². The zero-order valence-electron chi connectivity index (χ0n) is 17.2. The van der Waals surface area contributed by atoms with E-state index in [2.05, 4.69) is 10.3 Å². The molecule has 0 aliphatic rings. The molecule has 29 heavy (non-hydrogen) atoms. The van der Waals surface area contributed by atoms with E-state index in [4.69, 9.17) is 4.74 Å². The monoisotopic (exact) mass is 391 g/mol. The van der Waals surface area contributed by atoms with Gasteiger partial charge in [0.25, 0.3) is 0 Å². The number of likely N-dealkylation sites (N-methyl/N-ethyl adjacent to an activating group) is 1. The summed E-state index contributed by atoms with van der Waals surface area (Å²) in [5.74, 6) is -0.554. The Bertz CT molecular complexity index is 1050. The van der Waals surface area contributed by atoms with Crippen molar-refractivity contribution >= 4 is 28.5 Å². The van der Waals surface area contributed by atoms with Gasteiger partial charge in [0.05, 0.1) is 30.4 Å². The molecule has 2 aromatic carbocycles. The molecule has 0 spiro atoms. The number of carbonyl (C=O) groups excluding carboxylic acids is 2. The Labute approximate surface area is 170 Å². The first-order chi connectivity index (χ1) is 13.9. The summed E-state index contributed by atoms with van der Waals surface area (Å²) < 4.78 is 4.98. The van der Waals surface area contributed by atoms with Crippen molar-refractivity contribution in [3.8, 4) is 0 Å². The Morgan fingerprint density at radius 3 is 2.45 bits per heavy atom. The number of para-hydroxylation sites is 1. The number of aromatic nitrogens is 1. The van der Waals surface area contributed by atoms with Crippen LogP contribution in [0.25, 0.3) is 10.9 Å². The first kappa shape index (κ1) is 20.5. The Morgan fingerprint density at radius 1 is 1.07 bits per heavy atom. The predicted octanol–water partition coefficient (Wildman–Crippen LogP) is 3.71. The minimum atomic E-state index is -0.423. The van der Waals surface area contributed by atoms with Crippen molar-refractivity contribution in [3.05, 3.63) is 70.9 Å². The minimum absolute atomic E-state index is 0.131. The third kappa shape index (κ3) is 4.78. The van der Waals surface area contributed by atoms with Crippen LogP contribution in [0, 0.1) is 13.8 Å². The Hall–Kier alpha value is -3.25. The van der Waals surface area contributed by atoms with Crippen LogP contribution in [0.1, 0.15) is 27.2 Å². The highest BCUT2D eigenvalue weighted by Crippen LogP contribution is 2.24. The normalized spacial score (nSPS) is 10.9. The lowest BCUT2D eigenvalue weighted by Gasteiger charge is -2.19. The van der Waals surface area contributed by atoms with Gasteiger partial charge in [0, 0.05) is 17.6 Å². The zero-order valence-corrected chi connectivity index (χ0v) is 17.2. The van der Waals surface area contributed by atoms with Crippen LogP contribution < -0.4 is 5.32 Å². The quantitative estimate of drug-likeness (QED) is 0.649. The van der Waals surface area contributed by atoms with Gasteiger partial charge in [0.1, 0.15) is 0 Å². The Morgan fingerprint density at radius 2 is 1.76 bits per heavy atom. The lowest BCUT2D eigenvalue weighted by Crippen LogP contribution is -2.31. The molecule has 1 heterocycles. The molecule has 0 aliphatic heterocycles. The van der Waals surface area contributed by atoms with Crippen molar-refractivity contribution in [2.45, 2.75) is 20.4 Å². The van der Waals surface area contributed by atoms with E-state index >= 15 is 0 Å². The van der Waals surface area contributed by atoms with Crippen molar-refractivity contribution in [3.63, 3.8) is 0 Å². The molecule has 1 N–H and O–H groups in total. The SMILES string of the molecule is COC(=O)c1c(CN(C)CC(=O)Nc2ccc(C)cc2)nc2ccccc2c1C. The van der Waals surface area contributed by atoms with Gasteiger partial charge < -0.3 is 10.1 Å². The number of esters is 1. The average Bonchev–Trinajstić information content (AvgIpc) is 2.69. The van der Waals surface area contributed by atoms with E-state index in [1.807, 2.05) is 74.3 Å². The summed E-state index contributed by atoms with van der Waals surface area (Å²) in [6.07, 6.45) is 0. The fourth-order valence-electron chi connectivity index (χ4n) is 3.32. The van der Waals surface area contributed by atoms with Gasteiger partial charge in [-0.1, -0.05) is 35.9 Å². The van der Waals surface area contributed by atoms with E-state index in [9.17, 15) is 9.59 Å². The first-order valence-corrected chi connectivity index (χ1v) is 9.40. The molecule has 0 radical (unpaired) electrons. The summed E-state index contributed by atoms with van der Waals surface area (Å²) in [6, 6.07) is 15.3. The standard InChI is InChI=1S/C23H25N3O3/c1-15-9-11-17(12-10-15)24-21(27)14-26(3)13-20-22(23(28)29-4)16(2)18-7-5-6-8-19(18)25-20/h5-12H,13-14H2,1-4H3,(H,24,27). The van der Waals surface area contributed by atoms with Gasteiger partial charge >= 0.3 is 5.97 Å². The highest BCUT2D eigenvalue weighted by atomic mass is 16.5. The average molecular weight is 391 g/mol. The molecule has 0 saturated heterocycles. The second-order valence-corrected chi connectivity index (χ2v) is 7.15. The number of ether oxygens (including phenoxy) is 1. The molecule has 1 amide bonds. The summed E-state index contributed by atoms with van der Waals surface area (Å²) in [5.41, 5.74) is 4.58. The molecule has 0 fully saturated rings. The lowest BCUT2D eigenvalue weighted by molar-refractivity contribution is -0.117. The number of fused-ring (bicyclic) bond motifs is 1. The van der Waals surface area contributed by atoms with Gasteiger partial charge in [-0.25, -0.2) is 4.79 Å². The van der Waals surface area contributed by atoms with Crippen LogP contribution in [-0.4, -0.2) is 42.5 Å². The van der Waals surface area contributed by atoms with Crippen LogP contribution in [0.5, 0.6) is 0 Å². The largest absolute Gasteiger partial charge is 0.465 e. The van der Waals surface area contributed by atoms with Crippen molar-refractivity contribution in [2.75, 3.05) is 26.0 Å². The van der Waals surface area contributed by atoms with E-state index in [0.29, 0.717) is 17.8 Å². The summed E-state index contributed by atoms with van der Waals surface area (Å²) in [6.45, 7) is 4.40. The highest BCUT2D eigenvalue weighted by Gasteiger charge is 2.21. The molecule has 6 heteroatoms. The summed E-state index contributed by atoms with van der Waals surface area (Å²) in [7, 11) is 3.18. The fraction of sp³-hybridized carbons (Fsp3) is 0.261. The van der Waals surface area contributed by atoms with Gasteiger partial charge in [-0.05, 0) is 44.7 Å². The molecule has 6 nitrogen and oxygen atoms in total. The number of hydrogen-bond donors (Lipinski definition) is 1. The third-order valence-electron chi connectivity index (χ3n) is 4.79. The molecule has 0 bridgehead atoms. The van der Waals surface area contributed by atoms with Crippen molar-refractivity contribution in [1.82, 2.24) is 9.88 Å². The Balaban J connectivity index is 1.80. The molecule has 1 aromatic heterocycles. The second-order valence-electron chi connectivity index (χ2n) is 7.15. The lowest BCUT2D eigenvalue weighted by atomic mass is 10.0. The number of carbonyl (C=O) groups is 2.